The van der Waals surface area contributed by atoms with E-state index in [2.05, 4.69) is 20.3 Å². The molecule has 0 unspecified atom stereocenters. The number of carbonyl (C=O) groups excluding carboxylic acids is 1. The highest BCUT2D eigenvalue weighted by molar-refractivity contribution is 7.89. The van der Waals surface area contributed by atoms with E-state index in [1.54, 1.807) is 12.1 Å². The third kappa shape index (κ3) is 3.50. The molecule has 0 spiro atoms. The first-order chi connectivity index (χ1) is 13.4. The number of carbonyl (C=O) groups is 1. The molecule has 1 atom stereocenters. The predicted octanol–water partition coefficient (Wildman–Crippen LogP) is 2.57. The molecule has 0 radical (unpaired) electrons. The van der Waals surface area contributed by atoms with E-state index < -0.39 is 15.9 Å². The Balaban J connectivity index is 1.54. The normalized spacial score (nSPS) is 18.2. The summed E-state index contributed by atoms with van der Waals surface area (Å²) in [7, 11) is -3.81. The van der Waals surface area contributed by atoms with E-state index in [1.165, 1.54) is 10.4 Å². The number of hydrogen-bond donors (Lipinski definition) is 1. The standard InChI is InChI=1S/C19H20N4O4S/c1-13-5-2-7-15(11-13)20-19(24)14-6-4-10-23(12-14)28(25,26)17-9-3-8-16-18(17)22-27-21-16/h2-3,5,7-9,11,14H,4,6,10,12H2,1H3,(H,20,24)/t14-/m1/s1. The lowest BCUT2D eigenvalue weighted by molar-refractivity contribution is -0.120. The van der Waals surface area contributed by atoms with Crippen molar-refractivity contribution in [3.8, 4) is 0 Å². The smallest absolute Gasteiger partial charge is 0.245 e. The summed E-state index contributed by atoms with van der Waals surface area (Å²) in [4.78, 5) is 12.7. The van der Waals surface area contributed by atoms with Crippen molar-refractivity contribution in [3.63, 3.8) is 0 Å². The number of aryl methyl sites for hydroxylation is 1. The van der Waals surface area contributed by atoms with Gasteiger partial charge in [-0.3, -0.25) is 4.79 Å². The third-order valence-electron chi connectivity index (χ3n) is 4.91. The fourth-order valence-electron chi connectivity index (χ4n) is 3.47. The average molecular weight is 400 g/mol. The Bertz CT molecular complexity index is 1130. The number of amides is 1. The molecule has 2 heterocycles. The molecule has 1 amide bonds. The zero-order valence-corrected chi connectivity index (χ0v) is 16.1. The molecule has 146 valence electrons. The quantitative estimate of drug-likeness (QED) is 0.722. The predicted molar refractivity (Wildman–Crippen MR) is 103 cm³/mol. The van der Waals surface area contributed by atoms with Gasteiger partial charge in [0.2, 0.25) is 15.9 Å². The number of anilines is 1. The second-order valence-electron chi connectivity index (χ2n) is 6.95. The van der Waals surface area contributed by atoms with Crippen molar-refractivity contribution in [2.45, 2.75) is 24.7 Å². The molecule has 2 aromatic carbocycles. The van der Waals surface area contributed by atoms with E-state index in [0.717, 1.165) is 5.56 Å². The monoisotopic (exact) mass is 400 g/mol. The van der Waals surface area contributed by atoms with Crippen LogP contribution in [0.5, 0.6) is 0 Å². The molecule has 8 nitrogen and oxygen atoms in total. The molecule has 1 aromatic heterocycles. The maximum atomic E-state index is 13.2. The van der Waals surface area contributed by atoms with Crippen molar-refractivity contribution < 1.29 is 17.8 Å². The lowest BCUT2D eigenvalue weighted by atomic mass is 9.98. The Morgan fingerprint density at radius 1 is 1.21 bits per heavy atom. The zero-order valence-electron chi connectivity index (χ0n) is 15.3. The number of sulfonamides is 1. The number of hydrogen-bond acceptors (Lipinski definition) is 6. The SMILES string of the molecule is Cc1cccc(NC(=O)[C@@H]2CCCN(S(=O)(=O)c3cccc4nonc34)C2)c1. The highest BCUT2D eigenvalue weighted by Crippen LogP contribution is 2.28. The van der Waals surface area contributed by atoms with Crippen LogP contribution in [0.15, 0.2) is 52.0 Å². The summed E-state index contributed by atoms with van der Waals surface area (Å²) in [6.45, 7) is 2.43. The van der Waals surface area contributed by atoms with Crippen molar-refractivity contribution >= 4 is 32.7 Å². The number of benzene rings is 2. The zero-order chi connectivity index (χ0) is 19.7. The van der Waals surface area contributed by atoms with Gasteiger partial charge in [0.05, 0.1) is 5.92 Å². The molecule has 9 heteroatoms. The molecule has 1 saturated heterocycles. The second kappa shape index (κ2) is 7.33. The molecule has 1 N–H and O–H groups in total. The van der Waals surface area contributed by atoms with Crippen LogP contribution in [-0.4, -0.2) is 42.0 Å². The number of rotatable bonds is 4. The van der Waals surface area contributed by atoms with Crippen molar-refractivity contribution in [1.82, 2.24) is 14.6 Å². The summed E-state index contributed by atoms with van der Waals surface area (Å²) in [5.74, 6) is -0.592. The number of aromatic nitrogens is 2. The molecule has 0 aliphatic carbocycles. The van der Waals surface area contributed by atoms with Gasteiger partial charge in [-0.1, -0.05) is 18.2 Å². The van der Waals surface area contributed by atoms with Gasteiger partial charge in [-0.25, -0.2) is 13.0 Å². The van der Waals surface area contributed by atoms with Gasteiger partial charge < -0.3 is 5.32 Å². The van der Waals surface area contributed by atoms with E-state index in [0.29, 0.717) is 30.6 Å². The fourth-order valence-corrected chi connectivity index (χ4v) is 5.13. The van der Waals surface area contributed by atoms with Crippen LogP contribution >= 0.6 is 0 Å². The first kappa shape index (κ1) is 18.6. The minimum atomic E-state index is -3.81. The number of nitrogens with zero attached hydrogens (tertiary/aromatic N) is 3. The van der Waals surface area contributed by atoms with Gasteiger partial charge in [0.1, 0.15) is 10.4 Å². The minimum absolute atomic E-state index is 0.0472. The molecular formula is C19H20N4O4S. The van der Waals surface area contributed by atoms with Gasteiger partial charge in [0.25, 0.3) is 0 Å². The number of piperidine rings is 1. The summed E-state index contributed by atoms with van der Waals surface area (Å²) in [6, 6.07) is 12.2. The first-order valence-electron chi connectivity index (χ1n) is 9.04. The van der Waals surface area contributed by atoms with Gasteiger partial charge in [-0.2, -0.15) is 4.31 Å². The van der Waals surface area contributed by atoms with Crippen LogP contribution in [0.25, 0.3) is 11.0 Å². The summed E-state index contributed by atoms with van der Waals surface area (Å²) in [5.41, 5.74) is 2.34. The average Bonchev–Trinajstić information content (AvgIpc) is 3.17. The highest BCUT2D eigenvalue weighted by atomic mass is 32.2. The molecule has 1 aliphatic rings. The Morgan fingerprint density at radius 2 is 2.04 bits per heavy atom. The molecule has 0 saturated carbocycles. The molecule has 4 rings (SSSR count). The van der Waals surface area contributed by atoms with Crippen LogP contribution < -0.4 is 5.32 Å². The lowest BCUT2D eigenvalue weighted by Gasteiger charge is -2.31. The molecule has 0 bridgehead atoms. The molecule has 1 aliphatic heterocycles. The van der Waals surface area contributed by atoms with Crippen LogP contribution in [0.3, 0.4) is 0 Å². The van der Waals surface area contributed by atoms with Crippen molar-refractivity contribution in [3.05, 3.63) is 48.0 Å². The Labute approximate surface area is 162 Å². The van der Waals surface area contributed by atoms with Crippen LogP contribution in [0.4, 0.5) is 5.69 Å². The van der Waals surface area contributed by atoms with E-state index in [9.17, 15) is 13.2 Å². The lowest BCUT2D eigenvalue weighted by Crippen LogP contribution is -2.43. The molecular weight excluding hydrogens is 380 g/mol. The fraction of sp³-hybridized carbons (Fsp3) is 0.316. The van der Waals surface area contributed by atoms with E-state index in [4.69, 9.17) is 0 Å². The van der Waals surface area contributed by atoms with E-state index >= 15 is 0 Å². The van der Waals surface area contributed by atoms with Gasteiger partial charge in [0.15, 0.2) is 5.52 Å². The summed E-state index contributed by atoms with van der Waals surface area (Å²) >= 11 is 0. The first-order valence-corrected chi connectivity index (χ1v) is 10.5. The number of nitrogens with one attached hydrogen (secondary N) is 1. The molecule has 3 aromatic rings. The Morgan fingerprint density at radius 3 is 2.86 bits per heavy atom. The number of fused-ring (bicyclic) bond motifs is 1. The van der Waals surface area contributed by atoms with Crippen LogP contribution in [0.2, 0.25) is 0 Å². The minimum Gasteiger partial charge on any atom is -0.326 e. The maximum Gasteiger partial charge on any atom is 0.245 e. The summed E-state index contributed by atoms with van der Waals surface area (Å²) in [6.07, 6.45) is 1.25. The van der Waals surface area contributed by atoms with Crippen LogP contribution in [-0.2, 0) is 14.8 Å². The van der Waals surface area contributed by atoms with Gasteiger partial charge in [-0.05, 0) is 59.9 Å². The highest BCUT2D eigenvalue weighted by Gasteiger charge is 2.34. The van der Waals surface area contributed by atoms with Gasteiger partial charge in [0, 0.05) is 18.8 Å². The van der Waals surface area contributed by atoms with Gasteiger partial charge in [-0.15, -0.1) is 0 Å². The van der Waals surface area contributed by atoms with Crippen molar-refractivity contribution in [1.29, 1.82) is 0 Å². The molecule has 1 fully saturated rings. The topological polar surface area (TPSA) is 105 Å². The maximum absolute atomic E-state index is 13.2. The van der Waals surface area contributed by atoms with Crippen LogP contribution in [0, 0.1) is 12.8 Å². The van der Waals surface area contributed by atoms with E-state index in [1.807, 2.05) is 31.2 Å². The Kier molecular flexibility index (Phi) is 4.86. The van der Waals surface area contributed by atoms with Gasteiger partial charge >= 0.3 is 0 Å². The van der Waals surface area contributed by atoms with Crippen LogP contribution in [0.1, 0.15) is 18.4 Å². The third-order valence-corrected chi connectivity index (χ3v) is 6.80. The second-order valence-corrected chi connectivity index (χ2v) is 8.86. The largest absolute Gasteiger partial charge is 0.326 e. The van der Waals surface area contributed by atoms with Crippen molar-refractivity contribution in [2.75, 3.05) is 18.4 Å². The summed E-state index contributed by atoms with van der Waals surface area (Å²) < 4.78 is 32.3. The summed E-state index contributed by atoms with van der Waals surface area (Å²) in [5, 5.41) is 10.3. The molecule has 28 heavy (non-hydrogen) atoms. The van der Waals surface area contributed by atoms with Crippen molar-refractivity contribution in [2.24, 2.45) is 5.92 Å². The Hall–Kier alpha value is -2.78. The van der Waals surface area contributed by atoms with E-state index in [-0.39, 0.29) is 22.9 Å².